The summed E-state index contributed by atoms with van der Waals surface area (Å²) in [5.41, 5.74) is 2.54. The number of carbonyl (C=O) groups is 1. The Kier molecular flexibility index (Phi) is 6.93. The average molecular weight is 471 g/mol. The van der Waals surface area contributed by atoms with Crippen LogP contribution in [0.4, 0.5) is 0 Å². The number of hydrogen-bond donors (Lipinski definition) is 4. The summed E-state index contributed by atoms with van der Waals surface area (Å²) in [7, 11) is 1.48. The number of esters is 1. The average Bonchev–Trinajstić information content (AvgIpc) is 3.31. The Morgan fingerprint density at radius 2 is 1.36 bits per heavy atom. The Bertz CT molecular complexity index is 1330. The van der Waals surface area contributed by atoms with E-state index < -0.39 is 11.9 Å². The molecule has 10 heteroatoms. The molecule has 0 radical (unpaired) electrons. The van der Waals surface area contributed by atoms with Crippen molar-refractivity contribution in [3.63, 3.8) is 0 Å². The fourth-order valence-corrected chi connectivity index (χ4v) is 3.79. The summed E-state index contributed by atoms with van der Waals surface area (Å²) in [4.78, 5) is 37.6. The van der Waals surface area contributed by atoms with E-state index >= 15 is 0 Å². The van der Waals surface area contributed by atoms with Crippen LogP contribution in [0, 0.1) is 13.8 Å². The highest BCUT2D eigenvalue weighted by molar-refractivity contribution is 5.94. The molecule has 33 heavy (non-hydrogen) atoms. The fraction of sp³-hybridized carbons (Fsp3) is 0.174. The quantitative estimate of drug-likeness (QED) is 0.254. The summed E-state index contributed by atoms with van der Waals surface area (Å²) < 4.78 is 10.7. The molecule has 0 fully saturated rings. The molecule has 0 saturated carbocycles. The van der Waals surface area contributed by atoms with Crippen molar-refractivity contribution >= 4 is 18.4 Å². The number of halogens is 1. The van der Waals surface area contributed by atoms with Gasteiger partial charge in [0.05, 0.1) is 18.2 Å². The van der Waals surface area contributed by atoms with E-state index in [0.717, 1.165) is 0 Å². The van der Waals surface area contributed by atoms with Gasteiger partial charge in [0.1, 0.15) is 17.1 Å². The number of H-pyrrole nitrogens is 4. The first kappa shape index (κ1) is 23.7. The first-order valence-electron chi connectivity index (χ1n) is 9.90. The van der Waals surface area contributed by atoms with Gasteiger partial charge >= 0.3 is 5.97 Å². The molecule has 2 heterocycles. The Morgan fingerprint density at radius 3 is 1.85 bits per heavy atom. The highest BCUT2D eigenvalue weighted by Crippen LogP contribution is 2.32. The van der Waals surface area contributed by atoms with E-state index in [-0.39, 0.29) is 23.5 Å². The van der Waals surface area contributed by atoms with Gasteiger partial charge in [0.25, 0.3) is 11.1 Å². The molecule has 0 spiro atoms. The van der Waals surface area contributed by atoms with Crippen molar-refractivity contribution in [3.8, 4) is 11.5 Å². The molecule has 4 N–H and O–H groups in total. The van der Waals surface area contributed by atoms with Crippen LogP contribution in [0.5, 0.6) is 11.5 Å². The zero-order chi connectivity index (χ0) is 22.8. The van der Waals surface area contributed by atoms with Crippen LogP contribution >= 0.6 is 12.4 Å². The highest BCUT2D eigenvalue weighted by Gasteiger charge is 2.28. The smallest absolute Gasteiger partial charge is 0.347 e. The SMILES string of the molecule is COc1ccccc1C(=O)Oc1ccc(C(c2c(C)[nH][nH]c2=O)c2c(C)[nH][nH]c2=O)cc1.Cl. The fourth-order valence-electron chi connectivity index (χ4n) is 3.79. The van der Waals surface area contributed by atoms with Gasteiger partial charge in [-0.1, -0.05) is 24.3 Å². The monoisotopic (exact) mass is 470 g/mol. The number of aromatic nitrogens is 4. The molecular weight excluding hydrogens is 448 g/mol. The van der Waals surface area contributed by atoms with E-state index in [1.165, 1.54) is 7.11 Å². The number of aromatic amines is 4. The molecule has 172 valence electrons. The number of ether oxygens (including phenoxy) is 2. The molecule has 0 saturated heterocycles. The Hall–Kier alpha value is -3.98. The second-order valence-electron chi connectivity index (χ2n) is 7.33. The molecule has 2 aromatic heterocycles. The standard InChI is InChI=1S/C23H22N4O5.ClH/c1-12-18(21(28)26-24-12)20(19-13(2)25-27-22(19)29)14-8-10-15(11-9-14)32-23(30)16-6-4-5-7-17(16)31-3;/h4-11,20H,1-3H3,(H2,24,26,28)(H2,25,27,29);1H. The summed E-state index contributed by atoms with van der Waals surface area (Å²) in [6, 6.07) is 13.5. The van der Waals surface area contributed by atoms with Crippen LogP contribution < -0.4 is 20.6 Å². The minimum atomic E-state index is -0.612. The Morgan fingerprint density at radius 1 is 0.818 bits per heavy atom. The number of nitrogens with one attached hydrogen (secondary N) is 4. The van der Waals surface area contributed by atoms with Crippen molar-refractivity contribution in [1.82, 2.24) is 20.4 Å². The molecule has 4 aromatic rings. The maximum atomic E-state index is 12.6. The summed E-state index contributed by atoms with van der Waals surface area (Å²) in [6.45, 7) is 3.53. The molecule has 4 rings (SSSR count). The molecule has 0 atom stereocenters. The van der Waals surface area contributed by atoms with Crippen molar-refractivity contribution in [2.45, 2.75) is 19.8 Å². The van der Waals surface area contributed by atoms with E-state index in [0.29, 0.717) is 45.1 Å². The van der Waals surface area contributed by atoms with Crippen LogP contribution in [-0.4, -0.2) is 33.5 Å². The molecule has 0 bridgehead atoms. The number of rotatable bonds is 6. The summed E-state index contributed by atoms with van der Waals surface area (Å²) in [5, 5.41) is 10.8. The molecule has 0 aliphatic carbocycles. The third-order valence-corrected chi connectivity index (χ3v) is 5.35. The number of hydrogen-bond acceptors (Lipinski definition) is 5. The van der Waals surface area contributed by atoms with Gasteiger partial charge in [-0.2, -0.15) is 0 Å². The van der Waals surface area contributed by atoms with Crippen LogP contribution in [0.3, 0.4) is 0 Å². The number of carbonyl (C=O) groups excluding carboxylic acids is 1. The lowest BCUT2D eigenvalue weighted by Gasteiger charge is -2.16. The summed E-state index contributed by atoms with van der Waals surface area (Å²) >= 11 is 0. The molecule has 2 aromatic carbocycles. The number of aryl methyl sites for hydroxylation is 2. The molecule has 0 unspecified atom stereocenters. The lowest BCUT2D eigenvalue weighted by Crippen LogP contribution is -2.20. The largest absolute Gasteiger partial charge is 0.496 e. The third kappa shape index (κ3) is 4.49. The topological polar surface area (TPSA) is 133 Å². The van der Waals surface area contributed by atoms with Crippen molar-refractivity contribution in [2.75, 3.05) is 7.11 Å². The van der Waals surface area contributed by atoms with Crippen LogP contribution in [0.1, 0.15) is 44.4 Å². The summed E-state index contributed by atoms with van der Waals surface area (Å²) in [6.07, 6.45) is 0. The molecule has 0 amide bonds. The van der Waals surface area contributed by atoms with Crippen molar-refractivity contribution in [3.05, 3.63) is 103 Å². The van der Waals surface area contributed by atoms with Crippen molar-refractivity contribution in [1.29, 1.82) is 0 Å². The molecule has 9 nitrogen and oxygen atoms in total. The number of methoxy groups -OCH3 is 1. The van der Waals surface area contributed by atoms with Crippen LogP contribution in [-0.2, 0) is 0 Å². The minimum absolute atomic E-state index is 0. The van der Waals surface area contributed by atoms with Gasteiger partial charge in [0, 0.05) is 17.3 Å². The maximum absolute atomic E-state index is 12.6. The molecule has 0 aliphatic rings. The normalized spacial score (nSPS) is 10.7. The predicted molar refractivity (Wildman–Crippen MR) is 125 cm³/mol. The Labute approximate surface area is 194 Å². The number of para-hydroxylation sites is 1. The molecule has 0 aliphatic heterocycles. The minimum Gasteiger partial charge on any atom is -0.496 e. The first-order valence-corrected chi connectivity index (χ1v) is 9.90. The highest BCUT2D eigenvalue weighted by atomic mass is 35.5. The van der Waals surface area contributed by atoms with Gasteiger partial charge in [-0.05, 0) is 43.7 Å². The van der Waals surface area contributed by atoms with Gasteiger partial charge in [-0.25, -0.2) is 4.79 Å². The summed E-state index contributed by atoms with van der Waals surface area (Å²) in [5.74, 6) is -0.428. The van der Waals surface area contributed by atoms with E-state index in [1.54, 1.807) is 62.4 Å². The predicted octanol–water partition coefficient (Wildman–Crippen LogP) is 3.17. The number of benzene rings is 2. The van der Waals surface area contributed by atoms with E-state index in [9.17, 15) is 14.4 Å². The van der Waals surface area contributed by atoms with Gasteiger partial charge in [-0.15, -0.1) is 12.4 Å². The van der Waals surface area contributed by atoms with Crippen molar-refractivity contribution < 1.29 is 14.3 Å². The van der Waals surface area contributed by atoms with Gasteiger partial charge in [-0.3, -0.25) is 19.8 Å². The van der Waals surface area contributed by atoms with E-state index in [2.05, 4.69) is 20.4 Å². The van der Waals surface area contributed by atoms with Gasteiger partial charge in [0.2, 0.25) is 0 Å². The lowest BCUT2D eigenvalue weighted by molar-refractivity contribution is 0.0731. The van der Waals surface area contributed by atoms with Gasteiger partial charge in [0.15, 0.2) is 0 Å². The van der Waals surface area contributed by atoms with Gasteiger partial charge < -0.3 is 19.7 Å². The second kappa shape index (κ2) is 9.66. The zero-order valence-electron chi connectivity index (χ0n) is 18.1. The van der Waals surface area contributed by atoms with Crippen LogP contribution in [0.2, 0.25) is 0 Å². The second-order valence-corrected chi connectivity index (χ2v) is 7.33. The zero-order valence-corrected chi connectivity index (χ0v) is 19.0. The third-order valence-electron chi connectivity index (χ3n) is 5.35. The van der Waals surface area contributed by atoms with Crippen LogP contribution in [0.25, 0.3) is 0 Å². The Balaban J connectivity index is 0.00000306. The molecular formula is C23H23ClN4O5. The van der Waals surface area contributed by atoms with E-state index in [1.807, 2.05) is 0 Å². The lowest BCUT2D eigenvalue weighted by atomic mass is 9.85. The maximum Gasteiger partial charge on any atom is 0.347 e. The van der Waals surface area contributed by atoms with E-state index in [4.69, 9.17) is 9.47 Å². The first-order chi connectivity index (χ1) is 15.4. The van der Waals surface area contributed by atoms with Crippen LogP contribution in [0.15, 0.2) is 58.1 Å². The van der Waals surface area contributed by atoms with Crippen molar-refractivity contribution in [2.24, 2.45) is 0 Å².